The predicted molar refractivity (Wildman–Crippen MR) is 117 cm³/mol. The van der Waals surface area contributed by atoms with Crippen molar-refractivity contribution >= 4 is 5.57 Å². The summed E-state index contributed by atoms with van der Waals surface area (Å²) in [5.41, 5.74) is 3.71. The van der Waals surface area contributed by atoms with Crippen LogP contribution in [-0.4, -0.2) is 35.7 Å². The van der Waals surface area contributed by atoms with Gasteiger partial charge in [-0.1, -0.05) is 66.7 Å². The minimum Gasteiger partial charge on any atom is -0.389 e. The van der Waals surface area contributed by atoms with Gasteiger partial charge >= 0.3 is 0 Å². The Bertz CT molecular complexity index is 785. The maximum atomic E-state index is 11.4. The Morgan fingerprint density at radius 3 is 2.36 bits per heavy atom. The lowest BCUT2D eigenvalue weighted by Gasteiger charge is -2.48. The molecule has 5 rings (SSSR count). The van der Waals surface area contributed by atoms with Gasteiger partial charge in [0.05, 0.1) is 5.60 Å². The van der Waals surface area contributed by atoms with Gasteiger partial charge in [0.1, 0.15) is 0 Å². The third kappa shape index (κ3) is 4.39. The van der Waals surface area contributed by atoms with Crippen LogP contribution in [0.2, 0.25) is 0 Å². The lowest BCUT2D eigenvalue weighted by molar-refractivity contribution is -0.0574. The van der Waals surface area contributed by atoms with Crippen LogP contribution in [0.25, 0.3) is 5.57 Å². The van der Waals surface area contributed by atoms with E-state index in [1.165, 1.54) is 29.5 Å². The first-order valence-corrected chi connectivity index (χ1v) is 10.9. The molecule has 2 aromatic carbocycles. The van der Waals surface area contributed by atoms with E-state index in [-0.39, 0.29) is 0 Å². The van der Waals surface area contributed by atoms with E-state index in [2.05, 4.69) is 78.7 Å². The first kappa shape index (κ1) is 19.4. The molecule has 2 aromatic rings. The lowest BCUT2D eigenvalue weighted by Crippen LogP contribution is -2.48. The van der Waals surface area contributed by atoms with Gasteiger partial charge in [-0.25, -0.2) is 0 Å². The summed E-state index contributed by atoms with van der Waals surface area (Å²) in [5, 5.41) is 11.4. The minimum absolute atomic E-state index is 0.311. The first-order chi connectivity index (χ1) is 13.6. The van der Waals surface area contributed by atoms with Crippen LogP contribution in [-0.2, 0) is 6.42 Å². The molecule has 3 atom stereocenters. The van der Waals surface area contributed by atoms with Crippen LogP contribution in [0.15, 0.2) is 66.7 Å². The van der Waals surface area contributed by atoms with Gasteiger partial charge in [0, 0.05) is 12.5 Å². The number of hydrogen-bond donors (Lipinski definition) is 1. The Morgan fingerprint density at radius 2 is 1.68 bits per heavy atom. The molecule has 0 aromatic heterocycles. The van der Waals surface area contributed by atoms with Gasteiger partial charge < -0.3 is 10.0 Å². The van der Waals surface area contributed by atoms with Gasteiger partial charge in [-0.15, -0.1) is 0 Å². The molecule has 0 spiro atoms. The van der Waals surface area contributed by atoms with Crippen molar-refractivity contribution in [2.24, 2.45) is 11.8 Å². The summed E-state index contributed by atoms with van der Waals surface area (Å²) >= 11 is 0. The highest BCUT2D eigenvalue weighted by atomic mass is 16.3. The summed E-state index contributed by atoms with van der Waals surface area (Å²) < 4.78 is 0. The largest absolute Gasteiger partial charge is 0.389 e. The molecule has 3 aliphatic carbocycles. The van der Waals surface area contributed by atoms with E-state index in [0.717, 1.165) is 38.8 Å². The van der Waals surface area contributed by atoms with Gasteiger partial charge in [-0.05, 0) is 74.7 Å². The molecule has 0 aliphatic heterocycles. The molecule has 2 heteroatoms. The van der Waals surface area contributed by atoms with Crippen LogP contribution in [0, 0.1) is 11.8 Å². The van der Waals surface area contributed by atoms with Crippen molar-refractivity contribution < 1.29 is 5.11 Å². The molecule has 148 valence electrons. The van der Waals surface area contributed by atoms with Crippen molar-refractivity contribution in [3.63, 3.8) is 0 Å². The van der Waals surface area contributed by atoms with Crippen LogP contribution in [0.5, 0.6) is 0 Å². The average molecular weight is 376 g/mol. The van der Waals surface area contributed by atoms with Crippen LogP contribution >= 0.6 is 0 Å². The summed E-state index contributed by atoms with van der Waals surface area (Å²) in [5.74, 6) is 0.825. The normalized spacial score (nSPS) is 26.5. The predicted octanol–water partition coefficient (Wildman–Crippen LogP) is 5.19. The van der Waals surface area contributed by atoms with Crippen molar-refractivity contribution in [2.75, 3.05) is 20.1 Å². The molecule has 1 fully saturated rings. The molecule has 28 heavy (non-hydrogen) atoms. The highest BCUT2D eigenvalue weighted by Gasteiger charge is 2.46. The standard InChI is InChI=1S/C26H33NO/c1-27(17-8-11-21-9-4-2-5-10-21)18-16-26(28)20-23-14-15-24(26)19-25(23)22-12-6-3-7-13-22/h2-7,9-10,12-13,19,23-24,28H,8,11,14-18,20H2,1H3/t23-,24?,26?/m0/s1. The Hall–Kier alpha value is -1.90. The van der Waals surface area contributed by atoms with E-state index in [1.54, 1.807) is 0 Å². The van der Waals surface area contributed by atoms with E-state index in [9.17, 15) is 5.11 Å². The molecule has 0 radical (unpaired) electrons. The molecular formula is C26H33NO. The van der Waals surface area contributed by atoms with Gasteiger partial charge in [0.25, 0.3) is 0 Å². The van der Waals surface area contributed by atoms with Crippen molar-refractivity contribution in [1.82, 2.24) is 4.90 Å². The van der Waals surface area contributed by atoms with E-state index in [1.807, 2.05) is 0 Å². The van der Waals surface area contributed by atoms with Crippen LogP contribution < -0.4 is 0 Å². The van der Waals surface area contributed by atoms with Gasteiger partial charge in [0.15, 0.2) is 0 Å². The van der Waals surface area contributed by atoms with Crippen LogP contribution in [0.1, 0.15) is 43.2 Å². The highest BCUT2D eigenvalue weighted by molar-refractivity contribution is 5.69. The van der Waals surface area contributed by atoms with Crippen molar-refractivity contribution in [1.29, 1.82) is 0 Å². The lowest BCUT2D eigenvalue weighted by atomic mass is 9.61. The summed E-state index contributed by atoms with van der Waals surface area (Å²) in [6, 6.07) is 21.5. The quantitative estimate of drug-likeness (QED) is 0.687. The number of aliphatic hydroxyl groups is 1. The fourth-order valence-electron chi connectivity index (χ4n) is 5.13. The Kier molecular flexibility index (Phi) is 5.99. The maximum absolute atomic E-state index is 11.4. The minimum atomic E-state index is -0.519. The third-order valence-electron chi connectivity index (χ3n) is 6.82. The fraction of sp³-hybridized carbons (Fsp3) is 0.462. The van der Waals surface area contributed by atoms with E-state index in [0.29, 0.717) is 11.8 Å². The molecule has 1 N–H and O–H groups in total. The topological polar surface area (TPSA) is 23.5 Å². The fourth-order valence-corrected chi connectivity index (χ4v) is 5.13. The highest BCUT2D eigenvalue weighted by Crippen LogP contribution is 2.51. The molecule has 0 amide bonds. The summed E-state index contributed by atoms with van der Waals surface area (Å²) in [6.07, 6.45) is 8.86. The Balaban J connectivity index is 1.30. The summed E-state index contributed by atoms with van der Waals surface area (Å²) in [4.78, 5) is 2.39. The molecule has 0 saturated heterocycles. The number of rotatable bonds is 8. The molecule has 3 aliphatic rings. The van der Waals surface area contributed by atoms with E-state index < -0.39 is 5.60 Å². The van der Waals surface area contributed by atoms with Gasteiger partial charge in [0.2, 0.25) is 0 Å². The number of fused-ring (bicyclic) bond motifs is 2. The Morgan fingerprint density at radius 1 is 0.964 bits per heavy atom. The molecule has 2 nitrogen and oxygen atoms in total. The zero-order chi connectivity index (χ0) is 19.4. The Labute approximate surface area is 169 Å². The SMILES string of the molecule is CN(CCCc1ccccc1)CCC1(O)C[C@@H]2CCC1C=C2c1ccccc1. The summed E-state index contributed by atoms with van der Waals surface area (Å²) in [7, 11) is 2.20. The number of nitrogens with zero attached hydrogens (tertiary/aromatic N) is 1. The van der Waals surface area contributed by atoms with Crippen molar-refractivity contribution in [3.05, 3.63) is 77.9 Å². The second-order valence-electron chi connectivity index (χ2n) is 8.82. The smallest absolute Gasteiger partial charge is 0.0728 e. The number of benzene rings is 2. The van der Waals surface area contributed by atoms with Crippen molar-refractivity contribution in [2.45, 2.75) is 44.1 Å². The molecule has 1 saturated carbocycles. The number of aryl methyl sites for hydroxylation is 1. The molecular weight excluding hydrogens is 342 g/mol. The molecule has 2 bridgehead atoms. The van der Waals surface area contributed by atoms with E-state index >= 15 is 0 Å². The zero-order valence-electron chi connectivity index (χ0n) is 17.1. The zero-order valence-corrected chi connectivity index (χ0v) is 17.1. The van der Waals surface area contributed by atoms with Crippen molar-refractivity contribution in [3.8, 4) is 0 Å². The number of allylic oxidation sites excluding steroid dienone is 1. The number of hydrogen-bond acceptors (Lipinski definition) is 2. The van der Waals surface area contributed by atoms with E-state index in [4.69, 9.17) is 0 Å². The second-order valence-corrected chi connectivity index (χ2v) is 8.82. The summed E-state index contributed by atoms with van der Waals surface area (Å²) in [6.45, 7) is 2.06. The monoisotopic (exact) mass is 375 g/mol. The van der Waals surface area contributed by atoms with Gasteiger partial charge in [-0.2, -0.15) is 0 Å². The molecule has 2 unspecified atom stereocenters. The second kappa shape index (κ2) is 8.63. The maximum Gasteiger partial charge on any atom is 0.0728 e. The molecule has 0 heterocycles. The average Bonchev–Trinajstić information content (AvgIpc) is 2.74. The van der Waals surface area contributed by atoms with Gasteiger partial charge in [-0.3, -0.25) is 0 Å². The van der Waals surface area contributed by atoms with Crippen LogP contribution in [0.4, 0.5) is 0 Å². The van der Waals surface area contributed by atoms with Crippen LogP contribution in [0.3, 0.4) is 0 Å². The first-order valence-electron chi connectivity index (χ1n) is 10.9. The third-order valence-corrected chi connectivity index (χ3v) is 6.82.